The Morgan fingerprint density at radius 1 is 1.00 bits per heavy atom. The first-order chi connectivity index (χ1) is 7.62. The Kier molecular flexibility index (Phi) is 10.3. The standard InChI is InChI=1S/C11H25O4P/c1-3-4-5-6-7-8-9-10-11-15-16(12,13)14-2/h3-11H2,1-2H3,(H,12,13)/p-1. The van der Waals surface area contributed by atoms with Crippen molar-refractivity contribution in [2.24, 2.45) is 0 Å². The third-order valence-electron chi connectivity index (χ3n) is 2.47. The van der Waals surface area contributed by atoms with Crippen LogP contribution in [0.5, 0.6) is 0 Å². The number of rotatable bonds is 11. The minimum Gasteiger partial charge on any atom is -0.756 e. The average Bonchev–Trinajstić information content (AvgIpc) is 2.27. The van der Waals surface area contributed by atoms with Crippen molar-refractivity contribution < 1.29 is 18.5 Å². The van der Waals surface area contributed by atoms with Gasteiger partial charge in [-0.2, -0.15) is 0 Å². The number of hydrogen-bond acceptors (Lipinski definition) is 4. The van der Waals surface area contributed by atoms with Gasteiger partial charge in [-0.05, 0) is 6.42 Å². The Balaban J connectivity index is 3.13. The van der Waals surface area contributed by atoms with Crippen LogP contribution in [0.15, 0.2) is 0 Å². The highest BCUT2D eigenvalue weighted by molar-refractivity contribution is 7.45. The van der Waals surface area contributed by atoms with Gasteiger partial charge in [0, 0.05) is 7.11 Å². The Labute approximate surface area is 99.0 Å². The Morgan fingerprint density at radius 2 is 1.50 bits per heavy atom. The van der Waals surface area contributed by atoms with Crippen LogP contribution < -0.4 is 4.89 Å². The molecule has 16 heavy (non-hydrogen) atoms. The molecule has 5 heteroatoms. The summed E-state index contributed by atoms with van der Waals surface area (Å²) in [5.41, 5.74) is 0. The van der Waals surface area contributed by atoms with Crippen molar-refractivity contribution in [3.05, 3.63) is 0 Å². The van der Waals surface area contributed by atoms with Crippen molar-refractivity contribution in [1.29, 1.82) is 0 Å². The summed E-state index contributed by atoms with van der Waals surface area (Å²) < 4.78 is 19.6. The van der Waals surface area contributed by atoms with E-state index >= 15 is 0 Å². The van der Waals surface area contributed by atoms with Crippen LogP contribution in [0.25, 0.3) is 0 Å². The largest absolute Gasteiger partial charge is 0.756 e. The topological polar surface area (TPSA) is 58.6 Å². The molecule has 0 heterocycles. The van der Waals surface area contributed by atoms with Crippen LogP contribution in [0, 0.1) is 0 Å². The molecule has 0 aliphatic rings. The van der Waals surface area contributed by atoms with Crippen molar-refractivity contribution in [2.45, 2.75) is 58.3 Å². The zero-order chi connectivity index (χ0) is 12.3. The van der Waals surface area contributed by atoms with Gasteiger partial charge in [0.2, 0.25) is 0 Å². The molecule has 0 bridgehead atoms. The Bertz CT molecular complexity index is 196. The molecule has 0 aromatic carbocycles. The fourth-order valence-electron chi connectivity index (χ4n) is 1.47. The van der Waals surface area contributed by atoms with Gasteiger partial charge in [0.1, 0.15) is 0 Å². The summed E-state index contributed by atoms with van der Waals surface area (Å²) in [7, 11) is -2.88. The second kappa shape index (κ2) is 10.3. The lowest BCUT2D eigenvalue weighted by atomic mass is 10.1. The van der Waals surface area contributed by atoms with Crippen LogP contribution in [0.4, 0.5) is 0 Å². The molecule has 4 nitrogen and oxygen atoms in total. The Morgan fingerprint density at radius 3 is 2.00 bits per heavy atom. The highest BCUT2D eigenvalue weighted by Gasteiger charge is 2.04. The van der Waals surface area contributed by atoms with Crippen molar-refractivity contribution in [1.82, 2.24) is 0 Å². The van der Waals surface area contributed by atoms with Gasteiger partial charge in [-0.15, -0.1) is 0 Å². The molecule has 98 valence electrons. The zero-order valence-electron chi connectivity index (χ0n) is 10.4. The fraction of sp³-hybridized carbons (Fsp3) is 1.00. The highest BCUT2D eigenvalue weighted by atomic mass is 31.2. The minimum atomic E-state index is -3.99. The molecule has 1 atom stereocenters. The van der Waals surface area contributed by atoms with E-state index in [1.807, 2.05) is 0 Å². The van der Waals surface area contributed by atoms with Crippen LogP contribution in [-0.4, -0.2) is 13.7 Å². The maximum atomic E-state index is 10.8. The number of hydrogen-bond donors (Lipinski definition) is 0. The predicted octanol–water partition coefficient (Wildman–Crippen LogP) is 3.26. The third kappa shape index (κ3) is 10.6. The number of phosphoric ester groups is 1. The van der Waals surface area contributed by atoms with E-state index in [9.17, 15) is 9.46 Å². The molecule has 0 spiro atoms. The quantitative estimate of drug-likeness (QED) is 0.417. The first-order valence-electron chi connectivity index (χ1n) is 6.13. The van der Waals surface area contributed by atoms with Gasteiger partial charge in [-0.1, -0.05) is 51.9 Å². The molecule has 0 aromatic rings. The Hall–Kier alpha value is 0.110. The van der Waals surface area contributed by atoms with Gasteiger partial charge in [-0.25, -0.2) is 0 Å². The highest BCUT2D eigenvalue weighted by Crippen LogP contribution is 2.36. The lowest BCUT2D eigenvalue weighted by Crippen LogP contribution is -2.06. The van der Waals surface area contributed by atoms with E-state index in [0.717, 1.165) is 26.4 Å². The second-order valence-electron chi connectivity index (χ2n) is 3.94. The van der Waals surface area contributed by atoms with Gasteiger partial charge in [0.15, 0.2) is 0 Å². The molecule has 0 N–H and O–H groups in total. The van der Waals surface area contributed by atoms with E-state index in [0.29, 0.717) is 0 Å². The number of unbranched alkanes of at least 4 members (excludes halogenated alkanes) is 7. The summed E-state index contributed by atoms with van der Waals surface area (Å²) in [6, 6.07) is 0. The molecular weight excluding hydrogens is 227 g/mol. The van der Waals surface area contributed by atoms with Crippen LogP contribution in [0.2, 0.25) is 0 Å². The first kappa shape index (κ1) is 16.1. The lowest BCUT2D eigenvalue weighted by Gasteiger charge is -2.19. The molecule has 0 aliphatic heterocycles. The van der Waals surface area contributed by atoms with Crippen molar-refractivity contribution in [3.63, 3.8) is 0 Å². The van der Waals surface area contributed by atoms with Crippen LogP contribution in [-0.2, 0) is 13.6 Å². The summed E-state index contributed by atoms with van der Waals surface area (Å²) >= 11 is 0. The van der Waals surface area contributed by atoms with Crippen LogP contribution in [0.3, 0.4) is 0 Å². The van der Waals surface area contributed by atoms with E-state index < -0.39 is 7.82 Å². The molecule has 0 aromatic heterocycles. The van der Waals surface area contributed by atoms with Gasteiger partial charge in [-0.3, -0.25) is 4.57 Å². The van der Waals surface area contributed by atoms with E-state index in [1.165, 1.54) is 32.1 Å². The maximum Gasteiger partial charge on any atom is 0.267 e. The average molecular weight is 251 g/mol. The van der Waals surface area contributed by atoms with Crippen molar-refractivity contribution in [3.8, 4) is 0 Å². The monoisotopic (exact) mass is 251 g/mol. The summed E-state index contributed by atoms with van der Waals surface area (Å²) in [6.07, 6.45) is 9.38. The molecular formula is C11H24O4P-. The smallest absolute Gasteiger partial charge is 0.267 e. The summed E-state index contributed by atoms with van der Waals surface area (Å²) in [6.45, 7) is 2.44. The molecule has 0 saturated carbocycles. The van der Waals surface area contributed by atoms with E-state index in [-0.39, 0.29) is 6.61 Å². The van der Waals surface area contributed by atoms with Crippen molar-refractivity contribution in [2.75, 3.05) is 13.7 Å². The fourth-order valence-corrected chi connectivity index (χ4v) is 1.92. The van der Waals surface area contributed by atoms with E-state index in [1.54, 1.807) is 0 Å². The lowest BCUT2D eigenvalue weighted by molar-refractivity contribution is -0.223. The van der Waals surface area contributed by atoms with Crippen LogP contribution >= 0.6 is 7.82 Å². The normalized spacial score (nSPS) is 14.9. The molecule has 0 amide bonds. The molecule has 0 aliphatic carbocycles. The third-order valence-corrected chi connectivity index (χ3v) is 3.42. The van der Waals surface area contributed by atoms with E-state index in [4.69, 9.17) is 0 Å². The van der Waals surface area contributed by atoms with Gasteiger partial charge < -0.3 is 13.9 Å². The van der Waals surface area contributed by atoms with E-state index in [2.05, 4.69) is 16.0 Å². The van der Waals surface area contributed by atoms with Crippen molar-refractivity contribution >= 4 is 7.82 Å². The number of phosphoric acid groups is 1. The summed E-state index contributed by atoms with van der Waals surface area (Å²) in [4.78, 5) is 10.8. The van der Waals surface area contributed by atoms with Crippen LogP contribution in [0.1, 0.15) is 58.3 Å². The predicted molar refractivity (Wildman–Crippen MR) is 63.2 cm³/mol. The summed E-state index contributed by atoms with van der Waals surface area (Å²) in [5, 5.41) is 0. The minimum absolute atomic E-state index is 0.240. The SMILES string of the molecule is CCCCCCCCCCOP(=O)([O-])OC. The van der Waals surface area contributed by atoms with Gasteiger partial charge in [0.25, 0.3) is 7.82 Å². The maximum absolute atomic E-state index is 10.8. The molecule has 0 radical (unpaired) electrons. The molecule has 0 fully saturated rings. The zero-order valence-corrected chi connectivity index (χ0v) is 11.3. The second-order valence-corrected chi connectivity index (χ2v) is 5.46. The molecule has 0 rings (SSSR count). The molecule has 1 unspecified atom stereocenters. The molecule has 0 saturated heterocycles. The van der Waals surface area contributed by atoms with Gasteiger partial charge in [0.05, 0.1) is 6.61 Å². The first-order valence-corrected chi connectivity index (χ1v) is 7.59. The van der Waals surface area contributed by atoms with Gasteiger partial charge >= 0.3 is 0 Å². The summed E-state index contributed by atoms with van der Waals surface area (Å²) in [5.74, 6) is 0.